The molecule has 2 atom stereocenters. The van der Waals surface area contributed by atoms with Crippen LogP contribution in [0.15, 0.2) is 0 Å². The Morgan fingerprint density at radius 2 is 2.44 bits per heavy atom. The van der Waals surface area contributed by atoms with E-state index in [9.17, 15) is 0 Å². The number of fused-ring (bicyclic) bond motifs is 1. The van der Waals surface area contributed by atoms with Crippen LogP contribution in [0.1, 0.15) is 19.8 Å². The topological polar surface area (TPSA) is 3.24 Å². The molecule has 1 saturated heterocycles. The smallest absolute Gasteiger partial charge is 0.185 e. The van der Waals surface area contributed by atoms with Gasteiger partial charge in [-0.05, 0) is 37.3 Å². The van der Waals surface area contributed by atoms with E-state index in [4.69, 9.17) is 0 Å². The second-order valence-corrected chi connectivity index (χ2v) is 4.08. The van der Waals surface area contributed by atoms with Crippen LogP contribution in [0.5, 0.6) is 0 Å². The molecule has 2 aliphatic rings. The lowest BCUT2D eigenvalue weighted by Gasteiger charge is -2.27. The van der Waals surface area contributed by atoms with Crippen molar-refractivity contribution in [3.8, 4) is 0 Å². The zero-order valence-corrected chi connectivity index (χ0v) is 6.35. The quantitative estimate of drug-likeness (QED) is 0.418. The zero-order valence-electron chi connectivity index (χ0n) is 6.35. The molecule has 0 bridgehead atoms. The third-order valence-corrected chi connectivity index (χ3v) is 3.03. The Morgan fingerprint density at radius 3 is 3.00 bits per heavy atom. The molecular formula is C7H14BN. The minimum Gasteiger partial charge on any atom is -0.348 e. The van der Waals surface area contributed by atoms with Crippen LogP contribution >= 0.6 is 0 Å². The molecule has 1 aliphatic carbocycles. The van der Waals surface area contributed by atoms with E-state index in [0.717, 1.165) is 11.3 Å². The zero-order chi connectivity index (χ0) is 6.48. The van der Waals surface area contributed by atoms with Gasteiger partial charge in [-0.25, -0.2) is 0 Å². The molecule has 2 unspecified atom stereocenters. The van der Waals surface area contributed by atoms with Crippen molar-refractivity contribution in [2.75, 3.05) is 13.1 Å². The van der Waals surface area contributed by atoms with E-state index >= 15 is 0 Å². The predicted octanol–water partition coefficient (Wildman–Crippen LogP) is 0.266. The molecule has 0 aromatic rings. The van der Waals surface area contributed by atoms with E-state index in [-0.39, 0.29) is 0 Å². The average molecular weight is 123 g/mol. The average Bonchev–Trinajstić information content (AvgIpc) is 2.38. The van der Waals surface area contributed by atoms with Crippen LogP contribution in [0.2, 0.25) is 0 Å². The van der Waals surface area contributed by atoms with E-state index in [1.807, 2.05) is 0 Å². The molecule has 1 aliphatic heterocycles. The molecular weight excluding hydrogens is 109 g/mol. The Bertz CT molecular complexity index is 137. The SMILES string of the molecule is BN1CCC2CC2(C)C1. The van der Waals surface area contributed by atoms with Crippen molar-refractivity contribution < 1.29 is 0 Å². The van der Waals surface area contributed by atoms with Crippen molar-refractivity contribution in [2.24, 2.45) is 11.3 Å². The van der Waals surface area contributed by atoms with Crippen LogP contribution in [-0.4, -0.2) is 25.9 Å². The van der Waals surface area contributed by atoms with Gasteiger partial charge >= 0.3 is 0 Å². The van der Waals surface area contributed by atoms with Gasteiger partial charge in [0.25, 0.3) is 0 Å². The highest BCUT2D eigenvalue weighted by molar-refractivity contribution is 6.04. The van der Waals surface area contributed by atoms with Crippen molar-refractivity contribution in [3.63, 3.8) is 0 Å². The molecule has 0 radical (unpaired) electrons. The standard InChI is InChI=1S/C7H14BN/c1-7-4-6(7)2-3-9(8)5-7/h6H,2-5,8H2,1H3. The normalized spacial score (nSPS) is 50.6. The largest absolute Gasteiger partial charge is 0.348 e. The highest BCUT2D eigenvalue weighted by Gasteiger charge is 2.51. The van der Waals surface area contributed by atoms with E-state index < -0.39 is 0 Å². The Labute approximate surface area is 57.9 Å². The van der Waals surface area contributed by atoms with Gasteiger partial charge in [-0.15, -0.1) is 0 Å². The summed E-state index contributed by atoms with van der Waals surface area (Å²) < 4.78 is 0. The summed E-state index contributed by atoms with van der Waals surface area (Å²) in [4.78, 5) is 2.46. The molecule has 2 rings (SSSR count). The molecule has 0 aromatic carbocycles. The van der Waals surface area contributed by atoms with E-state index in [0.29, 0.717) is 0 Å². The van der Waals surface area contributed by atoms with E-state index in [1.165, 1.54) is 25.9 Å². The van der Waals surface area contributed by atoms with Gasteiger partial charge in [0.2, 0.25) is 0 Å². The second-order valence-electron chi connectivity index (χ2n) is 4.08. The molecule has 1 heterocycles. The van der Waals surface area contributed by atoms with Gasteiger partial charge in [0.1, 0.15) is 0 Å². The molecule has 0 amide bonds. The number of rotatable bonds is 0. The fourth-order valence-electron chi connectivity index (χ4n) is 2.22. The van der Waals surface area contributed by atoms with Gasteiger partial charge in [-0.2, -0.15) is 0 Å². The van der Waals surface area contributed by atoms with E-state index in [2.05, 4.69) is 19.7 Å². The fourth-order valence-corrected chi connectivity index (χ4v) is 2.22. The monoisotopic (exact) mass is 123 g/mol. The molecule has 1 nitrogen and oxygen atoms in total. The fraction of sp³-hybridized carbons (Fsp3) is 1.00. The summed E-state index contributed by atoms with van der Waals surface area (Å²) in [5.74, 6) is 1.09. The third-order valence-electron chi connectivity index (χ3n) is 3.03. The number of nitrogens with zero attached hydrogens (tertiary/aromatic N) is 1. The molecule has 1 saturated carbocycles. The molecule has 9 heavy (non-hydrogen) atoms. The number of hydrogen-bond acceptors (Lipinski definition) is 1. The summed E-state index contributed by atoms with van der Waals surface area (Å²) in [6.07, 6.45) is 2.95. The molecule has 0 spiro atoms. The number of hydrogen-bond donors (Lipinski definition) is 0. The van der Waals surface area contributed by atoms with E-state index in [1.54, 1.807) is 0 Å². The van der Waals surface area contributed by atoms with Gasteiger partial charge in [0, 0.05) is 0 Å². The molecule has 2 fully saturated rings. The van der Waals surface area contributed by atoms with Crippen LogP contribution in [0, 0.1) is 11.3 Å². The van der Waals surface area contributed by atoms with Crippen LogP contribution in [0.3, 0.4) is 0 Å². The summed E-state index contributed by atoms with van der Waals surface area (Å²) >= 11 is 0. The first-order valence-corrected chi connectivity index (χ1v) is 3.89. The van der Waals surface area contributed by atoms with Crippen molar-refractivity contribution in [1.29, 1.82) is 0 Å². The first-order chi connectivity index (χ1) is 4.21. The molecule has 50 valence electrons. The minimum absolute atomic E-state index is 0.743. The van der Waals surface area contributed by atoms with Crippen LogP contribution in [0.25, 0.3) is 0 Å². The van der Waals surface area contributed by atoms with Gasteiger partial charge in [-0.1, -0.05) is 6.92 Å². The van der Waals surface area contributed by atoms with Gasteiger partial charge in [0.15, 0.2) is 7.98 Å². The first kappa shape index (κ1) is 5.78. The molecule has 0 aromatic heterocycles. The van der Waals surface area contributed by atoms with Crippen LogP contribution in [0.4, 0.5) is 0 Å². The lowest BCUT2D eigenvalue weighted by atomic mass is 9.97. The lowest BCUT2D eigenvalue weighted by molar-refractivity contribution is 0.279. The second kappa shape index (κ2) is 1.54. The van der Waals surface area contributed by atoms with Crippen molar-refractivity contribution in [3.05, 3.63) is 0 Å². The minimum atomic E-state index is 0.743. The highest BCUT2D eigenvalue weighted by Crippen LogP contribution is 2.56. The summed E-state index contributed by atoms with van der Waals surface area (Å²) in [5, 5.41) is 0. The predicted molar refractivity (Wildman–Crippen MR) is 40.9 cm³/mol. The summed E-state index contributed by atoms with van der Waals surface area (Å²) in [6.45, 7) is 5.10. The summed E-state index contributed by atoms with van der Waals surface area (Å²) in [7, 11) is 2.24. The molecule has 0 N–H and O–H groups in total. The lowest BCUT2D eigenvalue weighted by Crippen LogP contribution is -2.33. The van der Waals surface area contributed by atoms with Gasteiger partial charge in [0.05, 0.1) is 0 Å². The maximum Gasteiger partial charge on any atom is 0.185 e. The van der Waals surface area contributed by atoms with Crippen molar-refractivity contribution >= 4 is 7.98 Å². The van der Waals surface area contributed by atoms with Gasteiger partial charge < -0.3 is 4.81 Å². The first-order valence-electron chi connectivity index (χ1n) is 3.89. The Morgan fingerprint density at radius 1 is 1.67 bits per heavy atom. The van der Waals surface area contributed by atoms with Crippen LogP contribution < -0.4 is 0 Å². The Kier molecular flexibility index (Phi) is 0.991. The summed E-state index contributed by atoms with van der Waals surface area (Å²) in [6, 6.07) is 0. The maximum absolute atomic E-state index is 2.46. The highest BCUT2D eigenvalue weighted by atomic mass is 15.1. The van der Waals surface area contributed by atoms with Crippen molar-refractivity contribution in [2.45, 2.75) is 19.8 Å². The molecule has 2 heteroatoms. The third kappa shape index (κ3) is 0.805. The Balaban J connectivity index is 2.03. The van der Waals surface area contributed by atoms with Crippen molar-refractivity contribution in [1.82, 2.24) is 4.81 Å². The summed E-state index contributed by atoms with van der Waals surface area (Å²) in [5.41, 5.74) is 0.743. The Hall–Kier alpha value is 0.0249. The maximum atomic E-state index is 2.46. The van der Waals surface area contributed by atoms with Crippen LogP contribution in [-0.2, 0) is 0 Å². The van der Waals surface area contributed by atoms with Gasteiger partial charge in [-0.3, -0.25) is 0 Å². The number of piperidine rings is 1.